The molecule has 2 amide bonds. The van der Waals surface area contributed by atoms with Gasteiger partial charge in [0.2, 0.25) is 11.8 Å². The molecule has 3 aromatic rings. The first-order valence-corrected chi connectivity index (χ1v) is 16.2. The molecule has 0 spiro atoms. The Morgan fingerprint density at radius 1 is 1.17 bits per heavy atom. The molecular weight excluding hydrogens is 595 g/mol. The molecule has 0 saturated carbocycles. The van der Waals surface area contributed by atoms with Gasteiger partial charge >= 0.3 is 0 Å². The van der Waals surface area contributed by atoms with E-state index in [-0.39, 0.29) is 48.2 Å². The van der Waals surface area contributed by atoms with E-state index in [1.165, 1.54) is 29.2 Å². The molecule has 5 heterocycles. The van der Waals surface area contributed by atoms with Gasteiger partial charge < -0.3 is 29.5 Å². The van der Waals surface area contributed by atoms with Gasteiger partial charge in [-0.3, -0.25) is 19.0 Å². The summed E-state index contributed by atoms with van der Waals surface area (Å²) in [6.45, 7) is 6.04. The molecule has 1 fully saturated rings. The maximum absolute atomic E-state index is 13.6. The molecule has 1 aromatic carbocycles. The van der Waals surface area contributed by atoms with Crippen molar-refractivity contribution in [2.24, 2.45) is 0 Å². The van der Waals surface area contributed by atoms with Crippen molar-refractivity contribution in [1.29, 1.82) is 0 Å². The standard InChI is InChI=1S/C33H41FN6O6/c1-21-24(11-17-38-15-9-22(10-16-38)31-25-6-5-23(34)20-27(25)46-37-31)33(44)40-14-2-4-26(32(40)36-21)45-19-3-13-35-28(41)12-18-39-29(42)7-8-30(39)43/h5-8,20,22,26,29,42H,2-4,9-19H2,1H3,(H,35,41). The first kappa shape index (κ1) is 32.0. The third kappa shape index (κ3) is 7.06. The van der Waals surface area contributed by atoms with Gasteiger partial charge in [-0.05, 0) is 76.7 Å². The highest BCUT2D eigenvalue weighted by Crippen LogP contribution is 2.33. The molecule has 46 heavy (non-hydrogen) atoms. The number of amides is 2. The number of aromatic nitrogens is 3. The second-order valence-corrected chi connectivity index (χ2v) is 12.3. The van der Waals surface area contributed by atoms with Crippen LogP contribution in [0.5, 0.6) is 0 Å². The predicted molar refractivity (Wildman–Crippen MR) is 166 cm³/mol. The molecule has 2 N–H and O–H groups in total. The van der Waals surface area contributed by atoms with Crippen molar-refractivity contribution < 1.29 is 28.3 Å². The van der Waals surface area contributed by atoms with Crippen LogP contribution < -0.4 is 10.9 Å². The SMILES string of the molecule is Cc1nc2n(c(=O)c1CCN1CCC(c3noc4cc(F)ccc34)CC1)CCCC2OCCCNC(=O)CCN1C(=O)C=CC1O. The Morgan fingerprint density at radius 2 is 2.00 bits per heavy atom. The number of hydrogen-bond donors (Lipinski definition) is 2. The Balaban J connectivity index is 0.957. The fourth-order valence-electron chi connectivity index (χ4n) is 6.69. The zero-order valence-electron chi connectivity index (χ0n) is 26.1. The molecule has 246 valence electrons. The summed E-state index contributed by atoms with van der Waals surface area (Å²) in [5.74, 6) is 0.0993. The number of nitrogens with one attached hydrogen (secondary N) is 1. The molecule has 12 nitrogen and oxygen atoms in total. The Labute approximate surface area is 266 Å². The Morgan fingerprint density at radius 3 is 2.78 bits per heavy atom. The van der Waals surface area contributed by atoms with Crippen LogP contribution in [-0.4, -0.2) is 87.0 Å². The maximum atomic E-state index is 13.6. The lowest BCUT2D eigenvalue weighted by Crippen LogP contribution is -2.38. The van der Waals surface area contributed by atoms with E-state index in [9.17, 15) is 23.9 Å². The van der Waals surface area contributed by atoms with Gasteiger partial charge in [0.1, 0.15) is 24.0 Å². The molecule has 0 bridgehead atoms. The summed E-state index contributed by atoms with van der Waals surface area (Å²) < 4.78 is 26.8. The van der Waals surface area contributed by atoms with E-state index in [4.69, 9.17) is 14.2 Å². The highest BCUT2D eigenvalue weighted by Gasteiger charge is 2.28. The van der Waals surface area contributed by atoms with Crippen LogP contribution in [0.15, 0.2) is 39.7 Å². The first-order chi connectivity index (χ1) is 22.3. The van der Waals surface area contributed by atoms with Crippen molar-refractivity contribution in [3.05, 3.63) is 69.3 Å². The van der Waals surface area contributed by atoms with Gasteiger partial charge in [-0.2, -0.15) is 0 Å². The predicted octanol–water partition coefficient (Wildman–Crippen LogP) is 2.72. The molecule has 0 radical (unpaired) electrons. The monoisotopic (exact) mass is 636 g/mol. The van der Waals surface area contributed by atoms with E-state index in [0.717, 1.165) is 67.7 Å². The summed E-state index contributed by atoms with van der Waals surface area (Å²) in [5, 5.41) is 17.7. The molecule has 13 heteroatoms. The number of carbonyl (C=O) groups is 2. The largest absolute Gasteiger partial charge is 0.370 e. The second-order valence-electron chi connectivity index (χ2n) is 12.3. The molecule has 2 atom stereocenters. The van der Waals surface area contributed by atoms with Gasteiger partial charge in [0.15, 0.2) is 5.58 Å². The molecule has 2 unspecified atom stereocenters. The number of piperidine rings is 1. The fourth-order valence-corrected chi connectivity index (χ4v) is 6.69. The van der Waals surface area contributed by atoms with Crippen LogP contribution in [0.4, 0.5) is 4.39 Å². The van der Waals surface area contributed by atoms with Gasteiger partial charge in [-0.1, -0.05) is 5.16 Å². The average Bonchev–Trinajstić information content (AvgIpc) is 3.61. The summed E-state index contributed by atoms with van der Waals surface area (Å²) in [7, 11) is 0. The van der Waals surface area contributed by atoms with E-state index in [2.05, 4.69) is 15.4 Å². The average molecular weight is 637 g/mol. The summed E-state index contributed by atoms with van der Waals surface area (Å²) >= 11 is 0. The highest BCUT2D eigenvalue weighted by molar-refractivity contribution is 5.90. The van der Waals surface area contributed by atoms with Crippen LogP contribution >= 0.6 is 0 Å². The molecule has 6 rings (SSSR count). The zero-order chi connectivity index (χ0) is 32.2. The Bertz CT molecular complexity index is 1660. The molecule has 3 aliphatic rings. The summed E-state index contributed by atoms with van der Waals surface area (Å²) in [6.07, 6.45) is 6.22. The third-order valence-corrected chi connectivity index (χ3v) is 9.30. The minimum absolute atomic E-state index is 0.0102. The normalized spacial score (nSPS) is 20.5. The van der Waals surface area contributed by atoms with Crippen molar-refractivity contribution in [3.8, 4) is 0 Å². The number of rotatable bonds is 12. The van der Waals surface area contributed by atoms with Crippen LogP contribution in [0.1, 0.15) is 73.3 Å². The lowest BCUT2D eigenvalue weighted by molar-refractivity contribution is -0.131. The van der Waals surface area contributed by atoms with E-state index in [0.29, 0.717) is 43.9 Å². The number of nitrogens with zero attached hydrogens (tertiary/aromatic N) is 5. The molecule has 0 aliphatic carbocycles. The highest BCUT2D eigenvalue weighted by atomic mass is 19.1. The Kier molecular flexibility index (Phi) is 9.90. The first-order valence-electron chi connectivity index (χ1n) is 16.2. The molecule has 1 saturated heterocycles. The van der Waals surface area contributed by atoms with E-state index >= 15 is 0 Å². The van der Waals surface area contributed by atoms with Gasteiger partial charge in [0.05, 0.1) is 5.69 Å². The lowest BCUT2D eigenvalue weighted by atomic mass is 9.91. The Hall–Kier alpha value is -3.94. The maximum Gasteiger partial charge on any atom is 0.257 e. The molecule has 3 aliphatic heterocycles. The third-order valence-electron chi connectivity index (χ3n) is 9.30. The number of aryl methyl sites for hydroxylation is 1. The smallest absolute Gasteiger partial charge is 0.257 e. The quantitative estimate of drug-likeness (QED) is 0.287. The second kappa shape index (κ2) is 14.2. The fraction of sp³-hybridized carbons (Fsp3) is 0.545. The summed E-state index contributed by atoms with van der Waals surface area (Å²) in [4.78, 5) is 45.9. The van der Waals surface area contributed by atoms with Crippen molar-refractivity contribution >= 4 is 22.8 Å². The van der Waals surface area contributed by atoms with Crippen molar-refractivity contribution in [2.75, 3.05) is 39.3 Å². The number of aliphatic hydroxyl groups is 1. The number of fused-ring (bicyclic) bond motifs is 2. The van der Waals surface area contributed by atoms with Crippen molar-refractivity contribution in [1.82, 2.24) is 29.8 Å². The summed E-state index contributed by atoms with van der Waals surface area (Å²) in [5.41, 5.74) is 2.88. The number of hydrogen-bond acceptors (Lipinski definition) is 9. The number of halogens is 1. The number of likely N-dealkylation sites (tertiary alicyclic amines) is 1. The minimum Gasteiger partial charge on any atom is -0.370 e. The van der Waals surface area contributed by atoms with Gasteiger partial charge in [0.25, 0.3) is 5.56 Å². The minimum atomic E-state index is -0.973. The van der Waals surface area contributed by atoms with Crippen LogP contribution in [0, 0.1) is 12.7 Å². The van der Waals surface area contributed by atoms with E-state index in [1.807, 2.05) is 6.92 Å². The van der Waals surface area contributed by atoms with Crippen LogP contribution in [0.2, 0.25) is 0 Å². The molecule has 2 aromatic heterocycles. The van der Waals surface area contributed by atoms with Crippen molar-refractivity contribution in [3.63, 3.8) is 0 Å². The topological polar surface area (TPSA) is 143 Å². The van der Waals surface area contributed by atoms with Crippen molar-refractivity contribution in [2.45, 2.75) is 76.7 Å². The van der Waals surface area contributed by atoms with Crippen LogP contribution in [0.25, 0.3) is 11.0 Å². The van der Waals surface area contributed by atoms with Crippen LogP contribution in [0.3, 0.4) is 0 Å². The number of aliphatic hydroxyl groups excluding tert-OH is 1. The number of ether oxygens (including phenoxy) is 1. The number of benzene rings is 1. The van der Waals surface area contributed by atoms with E-state index < -0.39 is 6.23 Å². The molecular formula is C33H41FN6O6. The van der Waals surface area contributed by atoms with Gasteiger partial charge in [0, 0.05) is 73.9 Å². The van der Waals surface area contributed by atoms with Gasteiger partial charge in [-0.15, -0.1) is 0 Å². The van der Waals surface area contributed by atoms with E-state index in [1.54, 1.807) is 10.6 Å². The lowest BCUT2D eigenvalue weighted by Gasteiger charge is -2.31. The summed E-state index contributed by atoms with van der Waals surface area (Å²) in [6, 6.07) is 4.56. The number of carbonyl (C=O) groups excluding carboxylic acids is 2. The zero-order valence-corrected chi connectivity index (χ0v) is 26.1. The van der Waals surface area contributed by atoms with Crippen LogP contribution in [-0.2, 0) is 27.3 Å². The van der Waals surface area contributed by atoms with Gasteiger partial charge in [-0.25, -0.2) is 9.37 Å².